The summed E-state index contributed by atoms with van der Waals surface area (Å²) in [7, 11) is 0. The van der Waals surface area contributed by atoms with Gasteiger partial charge in [0, 0.05) is 6.54 Å². The average molecular weight is 264 g/mol. The van der Waals surface area contributed by atoms with Crippen LogP contribution in [0, 0.1) is 0 Å². The Morgan fingerprint density at radius 2 is 2.17 bits per heavy atom. The van der Waals surface area contributed by atoms with Crippen molar-refractivity contribution in [2.24, 2.45) is 0 Å². The molecule has 0 aromatic carbocycles. The fraction of sp³-hybridized carbons (Fsp3) is 0.800. The first kappa shape index (κ1) is 14.8. The van der Waals surface area contributed by atoms with Crippen molar-refractivity contribution in [1.82, 2.24) is 15.5 Å². The maximum atomic E-state index is 11.8. The van der Waals surface area contributed by atoms with Gasteiger partial charge < -0.3 is 19.8 Å². The summed E-state index contributed by atoms with van der Waals surface area (Å²) in [6.07, 6.45) is -2.44. The molecule has 0 amide bonds. The van der Waals surface area contributed by atoms with Gasteiger partial charge in [-0.25, -0.2) is 8.78 Å². The Morgan fingerprint density at radius 1 is 1.39 bits per heavy atom. The van der Waals surface area contributed by atoms with Crippen LogP contribution >= 0.6 is 0 Å². The van der Waals surface area contributed by atoms with E-state index in [1.807, 2.05) is 13.8 Å². The second-order valence-electron chi connectivity index (χ2n) is 3.62. The predicted molar refractivity (Wildman–Crippen MR) is 61.7 cm³/mol. The van der Waals surface area contributed by atoms with E-state index in [2.05, 4.69) is 20.8 Å². The zero-order valence-electron chi connectivity index (χ0n) is 10.4. The summed E-state index contributed by atoms with van der Waals surface area (Å²) in [4.78, 5) is 0. The van der Waals surface area contributed by atoms with Crippen molar-refractivity contribution in [3.05, 3.63) is 5.89 Å². The van der Waals surface area contributed by atoms with Crippen molar-refractivity contribution in [3.8, 4) is 0 Å². The Kier molecular flexibility index (Phi) is 6.51. The van der Waals surface area contributed by atoms with Crippen LogP contribution in [0.2, 0.25) is 0 Å². The van der Waals surface area contributed by atoms with Crippen LogP contribution in [0.4, 0.5) is 14.8 Å². The SMILES string of the molecule is CCNC(C)c1nnc(NCCOCC(F)F)o1. The van der Waals surface area contributed by atoms with Gasteiger partial charge in [-0.05, 0) is 13.5 Å². The third-order valence-electron chi connectivity index (χ3n) is 2.09. The van der Waals surface area contributed by atoms with E-state index in [1.54, 1.807) is 0 Å². The summed E-state index contributed by atoms with van der Waals surface area (Å²) >= 11 is 0. The first-order valence-corrected chi connectivity index (χ1v) is 5.80. The number of hydrogen-bond acceptors (Lipinski definition) is 6. The molecule has 1 rings (SSSR count). The molecule has 8 heteroatoms. The van der Waals surface area contributed by atoms with Crippen molar-refractivity contribution in [2.75, 3.05) is 31.6 Å². The van der Waals surface area contributed by atoms with E-state index in [0.29, 0.717) is 12.4 Å². The third-order valence-corrected chi connectivity index (χ3v) is 2.09. The van der Waals surface area contributed by atoms with Gasteiger partial charge >= 0.3 is 6.01 Å². The van der Waals surface area contributed by atoms with Gasteiger partial charge in [-0.1, -0.05) is 12.0 Å². The molecule has 0 spiro atoms. The molecule has 2 N–H and O–H groups in total. The molecule has 0 fully saturated rings. The molecule has 1 unspecified atom stereocenters. The molecule has 1 aromatic rings. The van der Waals surface area contributed by atoms with Gasteiger partial charge in [0.2, 0.25) is 5.89 Å². The Labute approximate surface area is 104 Å². The standard InChI is InChI=1S/C10H18F2N4O2/c1-3-13-7(2)9-15-16-10(18-9)14-4-5-17-6-8(11)12/h7-8,13H,3-6H2,1-2H3,(H,14,16). The van der Waals surface area contributed by atoms with Gasteiger partial charge in [-0.15, -0.1) is 5.10 Å². The van der Waals surface area contributed by atoms with Crippen molar-refractivity contribution >= 4 is 6.01 Å². The number of hydrogen-bond donors (Lipinski definition) is 2. The molecule has 104 valence electrons. The molecule has 0 aliphatic carbocycles. The Balaban J connectivity index is 2.23. The van der Waals surface area contributed by atoms with Crippen LogP contribution < -0.4 is 10.6 Å². The summed E-state index contributed by atoms with van der Waals surface area (Å²) in [6, 6.07) is 0.239. The summed E-state index contributed by atoms with van der Waals surface area (Å²) in [5.41, 5.74) is 0. The summed E-state index contributed by atoms with van der Waals surface area (Å²) in [5.74, 6) is 0.479. The average Bonchev–Trinajstić information content (AvgIpc) is 2.77. The number of nitrogens with zero attached hydrogens (tertiary/aromatic N) is 2. The first-order valence-electron chi connectivity index (χ1n) is 5.80. The zero-order chi connectivity index (χ0) is 13.4. The maximum absolute atomic E-state index is 11.8. The lowest BCUT2D eigenvalue weighted by Gasteiger charge is -2.06. The highest BCUT2D eigenvalue weighted by atomic mass is 19.3. The normalized spacial score (nSPS) is 12.9. The van der Waals surface area contributed by atoms with Gasteiger partial charge in [-0.2, -0.15) is 0 Å². The van der Waals surface area contributed by atoms with E-state index in [0.717, 1.165) is 6.54 Å². The number of aromatic nitrogens is 2. The number of anilines is 1. The Hall–Kier alpha value is -1.28. The first-order chi connectivity index (χ1) is 8.63. The minimum absolute atomic E-state index is 0.0202. The van der Waals surface area contributed by atoms with Crippen molar-refractivity contribution in [3.63, 3.8) is 0 Å². The summed E-state index contributed by atoms with van der Waals surface area (Å²) in [5, 5.41) is 13.6. The lowest BCUT2D eigenvalue weighted by atomic mass is 10.3. The van der Waals surface area contributed by atoms with Gasteiger partial charge in [0.15, 0.2) is 0 Å². The predicted octanol–water partition coefficient (Wildman–Crippen LogP) is 1.43. The van der Waals surface area contributed by atoms with E-state index in [9.17, 15) is 8.78 Å². The molecule has 0 radical (unpaired) electrons. The smallest absolute Gasteiger partial charge is 0.315 e. The van der Waals surface area contributed by atoms with Gasteiger partial charge in [0.05, 0.1) is 12.6 Å². The van der Waals surface area contributed by atoms with Crippen molar-refractivity contribution in [1.29, 1.82) is 0 Å². The number of rotatable bonds is 9. The van der Waals surface area contributed by atoms with Gasteiger partial charge in [0.25, 0.3) is 6.43 Å². The molecule has 0 aliphatic rings. The van der Waals surface area contributed by atoms with Gasteiger partial charge in [0.1, 0.15) is 6.61 Å². The topological polar surface area (TPSA) is 72.2 Å². The lowest BCUT2D eigenvalue weighted by Crippen LogP contribution is -2.17. The van der Waals surface area contributed by atoms with Gasteiger partial charge in [-0.3, -0.25) is 0 Å². The van der Waals surface area contributed by atoms with Crippen LogP contribution in [0.3, 0.4) is 0 Å². The van der Waals surface area contributed by atoms with Crippen molar-refractivity contribution in [2.45, 2.75) is 26.3 Å². The highest BCUT2D eigenvalue weighted by Gasteiger charge is 2.12. The number of ether oxygens (including phenoxy) is 1. The highest BCUT2D eigenvalue weighted by Crippen LogP contribution is 2.12. The fourth-order valence-electron chi connectivity index (χ4n) is 1.28. The maximum Gasteiger partial charge on any atom is 0.315 e. The molecule has 1 heterocycles. The molecule has 1 aromatic heterocycles. The molecule has 0 saturated carbocycles. The van der Waals surface area contributed by atoms with Crippen LogP contribution in [0.5, 0.6) is 0 Å². The van der Waals surface area contributed by atoms with E-state index < -0.39 is 13.0 Å². The van der Waals surface area contributed by atoms with E-state index in [-0.39, 0.29) is 18.7 Å². The third kappa shape index (κ3) is 5.37. The number of alkyl halides is 2. The summed E-state index contributed by atoms with van der Waals surface area (Å²) in [6.45, 7) is 4.62. The van der Waals surface area contributed by atoms with E-state index >= 15 is 0 Å². The molecular weight excluding hydrogens is 246 g/mol. The Bertz CT molecular complexity index is 335. The minimum atomic E-state index is -2.44. The molecule has 0 saturated heterocycles. The van der Waals surface area contributed by atoms with Crippen LogP contribution in [-0.2, 0) is 4.74 Å². The van der Waals surface area contributed by atoms with Crippen LogP contribution in [0.25, 0.3) is 0 Å². The number of halogens is 2. The quantitative estimate of drug-likeness (QED) is 0.657. The zero-order valence-corrected chi connectivity index (χ0v) is 10.4. The van der Waals surface area contributed by atoms with Crippen LogP contribution in [0.1, 0.15) is 25.8 Å². The summed E-state index contributed by atoms with van der Waals surface area (Å²) < 4.78 is 33.5. The van der Waals surface area contributed by atoms with E-state index in [4.69, 9.17) is 9.15 Å². The molecule has 1 atom stereocenters. The molecule has 18 heavy (non-hydrogen) atoms. The molecule has 6 nitrogen and oxygen atoms in total. The largest absolute Gasteiger partial charge is 0.406 e. The fourth-order valence-corrected chi connectivity index (χ4v) is 1.28. The highest BCUT2D eigenvalue weighted by molar-refractivity contribution is 5.16. The van der Waals surface area contributed by atoms with Crippen molar-refractivity contribution < 1.29 is 17.9 Å². The number of nitrogens with one attached hydrogen (secondary N) is 2. The Morgan fingerprint density at radius 3 is 2.83 bits per heavy atom. The molecule has 0 aliphatic heterocycles. The second-order valence-corrected chi connectivity index (χ2v) is 3.62. The van der Waals surface area contributed by atoms with Crippen LogP contribution in [-0.4, -0.2) is 42.9 Å². The monoisotopic (exact) mass is 264 g/mol. The minimum Gasteiger partial charge on any atom is -0.406 e. The molecular formula is C10H18F2N4O2. The lowest BCUT2D eigenvalue weighted by molar-refractivity contribution is 0.0214. The second kappa shape index (κ2) is 7.93. The van der Waals surface area contributed by atoms with E-state index in [1.165, 1.54) is 0 Å². The van der Waals surface area contributed by atoms with Crippen LogP contribution in [0.15, 0.2) is 4.42 Å². The molecule has 0 bridgehead atoms.